The van der Waals surface area contributed by atoms with Crippen LogP contribution in [-0.4, -0.2) is 19.7 Å². The van der Waals surface area contributed by atoms with Crippen molar-refractivity contribution in [3.05, 3.63) is 29.3 Å². The van der Waals surface area contributed by atoms with Crippen molar-refractivity contribution in [2.24, 2.45) is 0 Å². The summed E-state index contributed by atoms with van der Waals surface area (Å²) < 4.78 is 31.7. The molecule has 0 aliphatic carbocycles. The van der Waals surface area contributed by atoms with E-state index in [-0.39, 0.29) is 12.2 Å². The molecular formula is C12H14F2N2O. The largest absolute Gasteiger partial charge is 0.486 e. The minimum absolute atomic E-state index is 0.0588. The van der Waals surface area contributed by atoms with E-state index >= 15 is 0 Å². The Morgan fingerprint density at radius 2 is 1.94 bits per heavy atom. The maximum absolute atomic E-state index is 13.3. The number of benzene rings is 1. The van der Waals surface area contributed by atoms with Gasteiger partial charge < -0.3 is 10.1 Å². The second-order valence-corrected chi connectivity index (χ2v) is 3.48. The van der Waals surface area contributed by atoms with Crippen molar-refractivity contribution in [1.82, 2.24) is 5.32 Å². The van der Waals surface area contributed by atoms with Crippen LogP contribution in [0.1, 0.15) is 18.9 Å². The highest BCUT2D eigenvalue weighted by Crippen LogP contribution is 2.22. The minimum Gasteiger partial charge on any atom is -0.486 e. The molecule has 0 bridgehead atoms. The fraction of sp³-hybridized carbons (Fsp3) is 0.417. The summed E-state index contributed by atoms with van der Waals surface area (Å²) in [5.74, 6) is -2.13. The molecule has 0 heterocycles. The Balaban J connectivity index is 2.57. The smallest absolute Gasteiger partial charge is 0.190 e. The maximum Gasteiger partial charge on any atom is 0.190 e. The van der Waals surface area contributed by atoms with Gasteiger partial charge in [-0.3, -0.25) is 0 Å². The summed E-state index contributed by atoms with van der Waals surface area (Å²) in [6.07, 6.45) is 0.986. The molecule has 1 N–H and O–H groups in total. The lowest BCUT2D eigenvalue weighted by Crippen LogP contribution is -2.22. The monoisotopic (exact) mass is 240 g/mol. The van der Waals surface area contributed by atoms with Crippen molar-refractivity contribution >= 4 is 0 Å². The molecule has 0 amide bonds. The second kappa shape index (κ2) is 6.81. The Morgan fingerprint density at radius 1 is 1.29 bits per heavy atom. The van der Waals surface area contributed by atoms with Crippen LogP contribution < -0.4 is 10.1 Å². The zero-order valence-corrected chi connectivity index (χ0v) is 9.59. The standard InChI is InChI=1S/C12H14F2N2O/c1-2-3-16-4-5-17-12-10(13)6-9(8-15)7-11(12)14/h6-7,16H,2-5H2,1H3. The number of halogens is 2. The number of hydrogen-bond donors (Lipinski definition) is 1. The van der Waals surface area contributed by atoms with Crippen LogP contribution in [0.25, 0.3) is 0 Å². The molecule has 1 rings (SSSR count). The van der Waals surface area contributed by atoms with Crippen LogP contribution in [0.3, 0.4) is 0 Å². The first-order chi connectivity index (χ1) is 8.19. The highest BCUT2D eigenvalue weighted by Gasteiger charge is 2.12. The van der Waals surface area contributed by atoms with E-state index in [9.17, 15) is 8.78 Å². The van der Waals surface area contributed by atoms with Crippen molar-refractivity contribution in [2.75, 3.05) is 19.7 Å². The molecule has 0 aliphatic heterocycles. The number of nitriles is 1. The van der Waals surface area contributed by atoms with Gasteiger partial charge in [0.2, 0.25) is 0 Å². The first kappa shape index (κ1) is 13.4. The summed E-state index contributed by atoms with van der Waals surface area (Å²) in [5, 5.41) is 11.6. The fourth-order valence-electron chi connectivity index (χ4n) is 1.29. The maximum atomic E-state index is 13.3. The predicted octanol–water partition coefficient (Wildman–Crippen LogP) is 2.21. The van der Waals surface area contributed by atoms with Gasteiger partial charge in [0.1, 0.15) is 6.61 Å². The molecule has 17 heavy (non-hydrogen) atoms. The van der Waals surface area contributed by atoms with Gasteiger partial charge in [-0.25, -0.2) is 8.78 Å². The van der Waals surface area contributed by atoms with E-state index in [1.54, 1.807) is 6.07 Å². The van der Waals surface area contributed by atoms with E-state index in [1.807, 2.05) is 6.92 Å². The average Bonchev–Trinajstić information content (AvgIpc) is 2.31. The highest BCUT2D eigenvalue weighted by molar-refractivity contribution is 5.37. The van der Waals surface area contributed by atoms with E-state index in [1.165, 1.54) is 0 Å². The van der Waals surface area contributed by atoms with E-state index in [0.29, 0.717) is 6.54 Å². The molecule has 1 aromatic carbocycles. The minimum atomic E-state index is -0.850. The average molecular weight is 240 g/mol. The van der Waals surface area contributed by atoms with Gasteiger partial charge in [-0.05, 0) is 25.1 Å². The van der Waals surface area contributed by atoms with Gasteiger partial charge in [0.25, 0.3) is 0 Å². The molecule has 0 unspecified atom stereocenters. The summed E-state index contributed by atoms with van der Waals surface area (Å²) in [7, 11) is 0. The van der Waals surface area contributed by atoms with Crippen LogP contribution in [0.5, 0.6) is 5.75 Å². The number of rotatable bonds is 6. The first-order valence-corrected chi connectivity index (χ1v) is 5.41. The Bertz CT molecular complexity index is 392. The fourth-order valence-corrected chi connectivity index (χ4v) is 1.29. The van der Waals surface area contributed by atoms with Gasteiger partial charge in [-0.1, -0.05) is 6.92 Å². The van der Waals surface area contributed by atoms with E-state index in [0.717, 1.165) is 25.1 Å². The van der Waals surface area contributed by atoms with Gasteiger partial charge in [0.15, 0.2) is 17.4 Å². The molecule has 0 spiro atoms. The van der Waals surface area contributed by atoms with Crippen molar-refractivity contribution in [3.63, 3.8) is 0 Å². The second-order valence-electron chi connectivity index (χ2n) is 3.48. The highest BCUT2D eigenvalue weighted by atomic mass is 19.1. The van der Waals surface area contributed by atoms with Gasteiger partial charge in [0, 0.05) is 6.54 Å². The van der Waals surface area contributed by atoms with Gasteiger partial charge in [-0.15, -0.1) is 0 Å². The Hall–Kier alpha value is -1.67. The molecule has 0 aliphatic rings. The van der Waals surface area contributed by atoms with Crippen LogP contribution >= 0.6 is 0 Å². The van der Waals surface area contributed by atoms with Gasteiger partial charge in [-0.2, -0.15) is 5.26 Å². The number of nitrogens with one attached hydrogen (secondary N) is 1. The van der Waals surface area contributed by atoms with Crippen LogP contribution in [0.2, 0.25) is 0 Å². The van der Waals surface area contributed by atoms with Crippen molar-refractivity contribution in [2.45, 2.75) is 13.3 Å². The van der Waals surface area contributed by atoms with E-state index in [4.69, 9.17) is 10.00 Å². The third-order valence-corrected chi connectivity index (χ3v) is 2.08. The van der Waals surface area contributed by atoms with Crippen LogP contribution in [0, 0.1) is 23.0 Å². The Labute approximate surface area is 99.0 Å². The Morgan fingerprint density at radius 3 is 2.47 bits per heavy atom. The quantitative estimate of drug-likeness (QED) is 0.775. The summed E-state index contributed by atoms with van der Waals surface area (Å²) in [6, 6.07) is 3.58. The first-order valence-electron chi connectivity index (χ1n) is 5.41. The number of hydrogen-bond acceptors (Lipinski definition) is 3. The molecule has 92 valence electrons. The zero-order chi connectivity index (χ0) is 12.7. The molecule has 0 atom stereocenters. The third kappa shape index (κ3) is 4.00. The summed E-state index contributed by atoms with van der Waals surface area (Å²) in [5.41, 5.74) is -0.0588. The summed E-state index contributed by atoms with van der Waals surface area (Å²) >= 11 is 0. The van der Waals surface area contributed by atoms with Crippen LogP contribution in [0.15, 0.2) is 12.1 Å². The zero-order valence-electron chi connectivity index (χ0n) is 9.59. The lowest BCUT2D eigenvalue weighted by atomic mass is 10.2. The lowest BCUT2D eigenvalue weighted by Gasteiger charge is -2.09. The molecule has 0 saturated carbocycles. The van der Waals surface area contributed by atoms with Crippen LogP contribution in [-0.2, 0) is 0 Å². The van der Waals surface area contributed by atoms with Crippen molar-refractivity contribution < 1.29 is 13.5 Å². The molecule has 1 aromatic rings. The normalized spacial score (nSPS) is 10.0. The summed E-state index contributed by atoms with van der Waals surface area (Å²) in [4.78, 5) is 0. The predicted molar refractivity (Wildman–Crippen MR) is 59.7 cm³/mol. The molecule has 0 fully saturated rings. The van der Waals surface area contributed by atoms with Crippen molar-refractivity contribution in [1.29, 1.82) is 5.26 Å². The number of ether oxygens (including phenoxy) is 1. The Kier molecular flexibility index (Phi) is 5.37. The molecule has 0 radical (unpaired) electrons. The molecule has 5 heteroatoms. The lowest BCUT2D eigenvalue weighted by molar-refractivity contribution is 0.283. The van der Waals surface area contributed by atoms with Crippen LogP contribution in [0.4, 0.5) is 8.78 Å². The third-order valence-electron chi connectivity index (χ3n) is 2.08. The number of nitrogens with zero attached hydrogens (tertiary/aromatic N) is 1. The topological polar surface area (TPSA) is 45.0 Å². The SMILES string of the molecule is CCCNCCOc1c(F)cc(C#N)cc1F. The molecular weight excluding hydrogens is 226 g/mol. The van der Waals surface area contributed by atoms with Gasteiger partial charge >= 0.3 is 0 Å². The molecule has 0 aromatic heterocycles. The van der Waals surface area contributed by atoms with Gasteiger partial charge in [0.05, 0.1) is 11.6 Å². The van der Waals surface area contributed by atoms with E-state index in [2.05, 4.69) is 5.32 Å². The molecule has 3 nitrogen and oxygen atoms in total. The van der Waals surface area contributed by atoms with Crippen molar-refractivity contribution in [3.8, 4) is 11.8 Å². The summed E-state index contributed by atoms with van der Waals surface area (Å²) in [6.45, 7) is 3.56. The van der Waals surface area contributed by atoms with E-state index < -0.39 is 17.4 Å². The molecule has 0 saturated heterocycles.